The first kappa shape index (κ1) is 17.6. The first-order valence-corrected chi connectivity index (χ1v) is 8.78. The van der Waals surface area contributed by atoms with Crippen molar-refractivity contribution in [3.63, 3.8) is 0 Å². The van der Waals surface area contributed by atoms with Gasteiger partial charge in [0.2, 0.25) is 0 Å². The van der Waals surface area contributed by atoms with Crippen LogP contribution in [0.25, 0.3) is 34.1 Å². The van der Waals surface area contributed by atoms with Gasteiger partial charge in [0.15, 0.2) is 0 Å². The van der Waals surface area contributed by atoms with E-state index >= 15 is 0 Å². The van der Waals surface area contributed by atoms with Crippen LogP contribution in [0.3, 0.4) is 0 Å². The van der Waals surface area contributed by atoms with Crippen molar-refractivity contribution in [3.8, 4) is 0 Å². The Hall–Kier alpha value is -3.80. The van der Waals surface area contributed by atoms with Crippen molar-refractivity contribution < 1.29 is 8.83 Å². The summed E-state index contributed by atoms with van der Waals surface area (Å²) in [5.41, 5.74) is 15.9. The normalized spacial score (nSPS) is 11.6. The van der Waals surface area contributed by atoms with Crippen molar-refractivity contribution in [2.45, 2.75) is 13.8 Å². The Morgan fingerprint density at radius 2 is 1.14 bits per heavy atom. The summed E-state index contributed by atoms with van der Waals surface area (Å²) in [5, 5.41) is 17.1. The predicted molar refractivity (Wildman–Crippen MR) is 113 cm³/mol. The maximum atomic E-state index is 7.60. The summed E-state index contributed by atoms with van der Waals surface area (Å²) < 4.78 is 11.9. The molecule has 6 nitrogen and oxygen atoms in total. The summed E-state index contributed by atoms with van der Waals surface area (Å²) in [6.45, 7) is 3.94. The summed E-state index contributed by atoms with van der Waals surface area (Å²) >= 11 is 0. The number of hydrogen-bond donors (Lipinski definition) is 4. The smallest absolute Gasteiger partial charge is 0.135 e. The van der Waals surface area contributed by atoms with Crippen molar-refractivity contribution in [3.05, 3.63) is 70.2 Å². The van der Waals surface area contributed by atoms with Gasteiger partial charge in [0.25, 0.3) is 0 Å². The second-order valence-electron chi connectivity index (χ2n) is 6.77. The lowest BCUT2D eigenvalue weighted by Gasteiger charge is -1.97. The van der Waals surface area contributed by atoms with Gasteiger partial charge in [-0.1, -0.05) is 0 Å². The van der Waals surface area contributed by atoms with Crippen molar-refractivity contribution in [1.29, 1.82) is 10.8 Å². The standard InChI is InChI=1S/C22H20N4O2/c1-11-15-9-13(21(23)24)3-5-19(15)27-17(11)7-8-18-12(2)16-10-14(22(25)26)4-6-20(16)28-18/h3-10H,1-2H3,(H3,23,24)(H3,25,26)/b8-7+. The molecule has 0 aliphatic rings. The van der Waals surface area contributed by atoms with E-state index in [9.17, 15) is 0 Å². The zero-order chi connectivity index (χ0) is 20.0. The average molecular weight is 372 g/mol. The van der Waals surface area contributed by atoms with Crippen LogP contribution in [0.1, 0.15) is 33.8 Å². The Morgan fingerprint density at radius 1 is 0.750 bits per heavy atom. The number of benzene rings is 2. The molecule has 4 rings (SSSR count). The van der Waals surface area contributed by atoms with Gasteiger partial charge in [-0.05, 0) is 62.4 Å². The van der Waals surface area contributed by atoms with E-state index in [4.69, 9.17) is 31.1 Å². The van der Waals surface area contributed by atoms with Gasteiger partial charge in [-0.3, -0.25) is 10.8 Å². The van der Waals surface area contributed by atoms with Gasteiger partial charge in [-0.2, -0.15) is 0 Å². The number of rotatable bonds is 4. The molecular weight excluding hydrogens is 352 g/mol. The van der Waals surface area contributed by atoms with Crippen molar-refractivity contribution in [2.24, 2.45) is 11.5 Å². The third-order valence-corrected chi connectivity index (χ3v) is 4.95. The fourth-order valence-electron chi connectivity index (χ4n) is 3.28. The quantitative estimate of drug-likeness (QED) is 0.310. The lowest BCUT2D eigenvalue weighted by atomic mass is 10.1. The number of nitrogen functional groups attached to an aromatic ring is 2. The molecule has 140 valence electrons. The summed E-state index contributed by atoms with van der Waals surface area (Å²) in [4.78, 5) is 0. The molecule has 0 fully saturated rings. The molecule has 0 aliphatic heterocycles. The first-order valence-electron chi connectivity index (χ1n) is 8.78. The molecule has 28 heavy (non-hydrogen) atoms. The number of aryl methyl sites for hydroxylation is 2. The van der Waals surface area contributed by atoms with Crippen LogP contribution in [0.4, 0.5) is 0 Å². The molecule has 2 aromatic heterocycles. The van der Waals surface area contributed by atoms with Crippen LogP contribution >= 0.6 is 0 Å². The molecule has 0 spiro atoms. The summed E-state index contributed by atoms with van der Waals surface area (Å²) in [6.07, 6.45) is 3.75. The maximum absolute atomic E-state index is 7.60. The van der Waals surface area contributed by atoms with E-state index in [-0.39, 0.29) is 11.7 Å². The first-order chi connectivity index (χ1) is 13.3. The zero-order valence-electron chi connectivity index (χ0n) is 15.6. The van der Waals surface area contributed by atoms with Crippen molar-refractivity contribution >= 4 is 45.8 Å². The van der Waals surface area contributed by atoms with Crippen LogP contribution in [0.15, 0.2) is 45.2 Å². The number of fused-ring (bicyclic) bond motifs is 2. The number of hydrogen-bond acceptors (Lipinski definition) is 4. The molecule has 0 saturated carbocycles. The van der Waals surface area contributed by atoms with E-state index in [0.717, 1.165) is 44.6 Å². The summed E-state index contributed by atoms with van der Waals surface area (Å²) in [7, 11) is 0. The highest BCUT2D eigenvalue weighted by atomic mass is 16.3. The monoisotopic (exact) mass is 372 g/mol. The van der Waals surface area contributed by atoms with E-state index in [1.54, 1.807) is 12.1 Å². The molecule has 0 radical (unpaired) electrons. The van der Waals surface area contributed by atoms with Gasteiger partial charge in [0, 0.05) is 33.0 Å². The molecule has 2 heterocycles. The van der Waals surface area contributed by atoms with Gasteiger partial charge in [-0.25, -0.2) is 0 Å². The SMILES string of the molecule is Cc1c(/C=C/c2oc3ccc(C(=N)N)cc3c2C)oc2ccc(C(=N)N)cc12. The van der Waals surface area contributed by atoms with E-state index in [2.05, 4.69) is 0 Å². The predicted octanol–water partition coefficient (Wildman–Crippen LogP) is 4.53. The molecule has 6 heteroatoms. The Labute approximate surface area is 161 Å². The number of nitrogens with two attached hydrogens (primary N) is 2. The maximum Gasteiger partial charge on any atom is 0.135 e. The van der Waals surface area contributed by atoms with Crippen LogP contribution < -0.4 is 11.5 Å². The zero-order valence-corrected chi connectivity index (χ0v) is 15.6. The molecule has 0 atom stereocenters. The number of amidine groups is 2. The van der Waals surface area contributed by atoms with E-state index in [0.29, 0.717) is 11.1 Å². The van der Waals surface area contributed by atoms with E-state index < -0.39 is 0 Å². The van der Waals surface area contributed by atoms with Crippen molar-refractivity contribution in [1.82, 2.24) is 0 Å². The van der Waals surface area contributed by atoms with E-state index in [1.807, 2.05) is 50.3 Å². The fraction of sp³-hybridized carbons (Fsp3) is 0.0909. The minimum atomic E-state index is 0.0300. The van der Waals surface area contributed by atoms with Crippen LogP contribution in [-0.4, -0.2) is 11.7 Å². The summed E-state index contributed by atoms with van der Waals surface area (Å²) in [6, 6.07) is 10.9. The van der Waals surface area contributed by atoms with Gasteiger partial charge in [0.1, 0.15) is 34.4 Å². The topological polar surface area (TPSA) is 126 Å². The molecule has 4 aromatic rings. The molecule has 0 saturated heterocycles. The third-order valence-electron chi connectivity index (χ3n) is 4.95. The highest BCUT2D eigenvalue weighted by Gasteiger charge is 2.12. The van der Waals surface area contributed by atoms with Gasteiger partial charge in [-0.15, -0.1) is 0 Å². The molecule has 0 bridgehead atoms. The summed E-state index contributed by atoms with van der Waals surface area (Å²) in [5.74, 6) is 1.50. The van der Waals surface area contributed by atoms with Crippen molar-refractivity contribution in [2.75, 3.05) is 0 Å². The molecule has 0 unspecified atom stereocenters. The van der Waals surface area contributed by atoms with Gasteiger partial charge < -0.3 is 20.3 Å². The fourth-order valence-corrected chi connectivity index (χ4v) is 3.28. The minimum Gasteiger partial charge on any atom is -0.456 e. The van der Waals surface area contributed by atoms with Crippen LogP contribution in [0.5, 0.6) is 0 Å². The molecule has 2 aromatic carbocycles. The number of furan rings is 2. The third kappa shape index (κ3) is 2.85. The molecular formula is C22H20N4O2. The Bertz CT molecular complexity index is 1190. The Kier molecular flexibility index (Phi) is 4.04. The van der Waals surface area contributed by atoms with Crippen LogP contribution in [-0.2, 0) is 0 Å². The Balaban J connectivity index is 1.74. The lowest BCUT2D eigenvalue weighted by Crippen LogP contribution is -2.10. The minimum absolute atomic E-state index is 0.0300. The highest BCUT2D eigenvalue weighted by Crippen LogP contribution is 2.30. The molecule has 6 N–H and O–H groups in total. The highest BCUT2D eigenvalue weighted by molar-refractivity contribution is 6.00. The lowest BCUT2D eigenvalue weighted by molar-refractivity contribution is 0.596. The average Bonchev–Trinajstić information content (AvgIpc) is 3.16. The van der Waals surface area contributed by atoms with Crippen LogP contribution in [0, 0.1) is 24.7 Å². The van der Waals surface area contributed by atoms with Gasteiger partial charge in [0.05, 0.1) is 0 Å². The van der Waals surface area contributed by atoms with Gasteiger partial charge >= 0.3 is 0 Å². The second kappa shape index (κ2) is 6.42. The van der Waals surface area contributed by atoms with E-state index in [1.165, 1.54) is 0 Å². The molecule has 0 aliphatic carbocycles. The number of nitrogens with one attached hydrogen (secondary N) is 2. The largest absolute Gasteiger partial charge is 0.456 e. The Morgan fingerprint density at radius 3 is 1.50 bits per heavy atom. The van der Waals surface area contributed by atoms with Crippen LogP contribution in [0.2, 0.25) is 0 Å². The second-order valence-corrected chi connectivity index (χ2v) is 6.77. The molecule has 0 amide bonds.